The second-order valence-corrected chi connectivity index (χ2v) is 45.7. The topological polar surface area (TPSA) is 0 Å². The molecule has 0 amide bonds. The summed E-state index contributed by atoms with van der Waals surface area (Å²) >= 11 is 13.2. The van der Waals surface area contributed by atoms with Crippen LogP contribution in [0, 0.1) is 0 Å². The lowest BCUT2D eigenvalue weighted by Gasteiger charge is -2.39. The fraction of sp³-hybridized carbons (Fsp3) is 1.00. The minimum atomic E-state index is -1.58. The average Bonchev–Trinajstić information content (AvgIpc) is 2.44. The maximum atomic E-state index is 3.29. The number of unbranched alkanes of at least 4 members (excludes halogenated alkanes) is 4. The van der Waals surface area contributed by atoms with Crippen LogP contribution in [-0.2, 0) is 0 Å². The number of nitrogens with zero attached hydrogens (tertiary/aromatic N) is 1. The van der Waals surface area contributed by atoms with Gasteiger partial charge in [-0.15, -0.1) is 0 Å². The number of quaternary nitrogens is 1. The van der Waals surface area contributed by atoms with Crippen LogP contribution < -0.4 is 0 Å². The van der Waals surface area contributed by atoms with Gasteiger partial charge >= 0.3 is 5.77 Å². The van der Waals surface area contributed by atoms with E-state index in [0.717, 1.165) is 0 Å². The quantitative estimate of drug-likeness (QED) is 0.160. The van der Waals surface area contributed by atoms with Gasteiger partial charge in [-0.2, -0.15) is 0 Å². The Labute approximate surface area is 170 Å². The van der Waals surface area contributed by atoms with E-state index in [2.05, 4.69) is 83.9 Å². The summed E-state index contributed by atoms with van der Waals surface area (Å²) in [5.41, 5.74) is 0. The van der Waals surface area contributed by atoms with Crippen LogP contribution >= 0.6 is 56.2 Å². The molecule has 0 saturated carbocycles. The molecule has 6 heteroatoms. The lowest BCUT2D eigenvalue weighted by Crippen LogP contribution is -2.50. The second kappa shape index (κ2) is 16.9. The molecule has 0 rings (SSSR count). The van der Waals surface area contributed by atoms with E-state index in [0.29, 0.717) is 0 Å². The van der Waals surface area contributed by atoms with Gasteiger partial charge in [-0.1, -0.05) is 53.4 Å². The first-order chi connectivity index (χ1) is 10.2. The van der Waals surface area contributed by atoms with Crippen LogP contribution in [0.25, 0.3) is 0 Å². The van der Waals surface area contributed by atoms with Gasteiger partial charge in [-0.25, -0.2) is 0 Å². The Balaban J connectivity index is 0. The maximum absolute atomic E-state index is 3.29. The highest BCUT2D eigenvalue weighted by Gasteiger charge is 2.24. The first-order valence-electron chi connectivity index (χ1n) is 8.97. The highest BCUT2D eigenvalue weighted by Crippen LogP contribution is 2.33. The van der Waals surface area contributed by atoms with Gasteiger partial charge in [0.05, 0.1) is 26.2 Å². The van der Waals surface area contributed by atoms with Crippen molar-refractivity contribution in [3.63, 3.8) is 0 Å². The van der Waals surface area contributed by atoms with E-state index in [1.54, 1.807) is 0 Å². The Bertz CT molecular complexity index is 191. The zero-order valence-electron chi connectivity index (χ0n) is 15.0. The maximum Gasteiger partial charge on any atom is 0.450 e. The summed E-state index contributed by atoms with van der Waals surface area (Å²) in [5, 5.41) is 0. The average molecular weight is 589 g/mol. The molecule has 0 fully saturated rings. The largest absolute Gasteiger partial charge is 0.450 e. The van der Waals surface area contributed by atoms with Crippen molar-refractivity contribution in [1.82, 2.24) is 0 Å². The molecule has 0 spiro atoms. The predicted molar refractivity (Wildman–Crippen MR) is 121 cm³/mol. The van der Waals surface area contributed by atoms with E-state index in [9.17, 15) is 0 Å². The smallest absolute Gasteiger partial charge is 0.363 e. The molecule has 0 bridgehead atoms. The van der Waals surface area contributed by atoms with Crippen LogP contribution in [0.2, 0.25) is 0 Å². The normalized spacial score (nSPS) is 12.0. The number of hydrogen-bond donors (Lipinski definition) is 0. The summed E-state index contributed by atoms with van der Waals surface area (Å²) in [6.45, 7) is 15.0. The monoisotopic (exact) mass is 585 g/mol. The molecule has 0 N–H and O–H groups in total. The standard InChI is InChI=1S/C16H36N.Al.4BrH/c1-5-9-13-17(14-10-6-2,15-11-7-3)16-12-8-4;;;;;/h5-16H2,1-4H3;;4*1H/q+1;+3;;;;/p-4. The van der Waals surface area contributed by atoms with Gasteiger partial charge in [-0.3, -0.25) is 0 Å². The molecule has 0 aliphatic rings. The molecule has 0 aliphatic heterocycles. The molecule has 0 aromatic carbocycles. The zero-order chi connectivity index (χ0) is 17.5. The Morgan fingerprint density at radius 2 is 0.727 bits per heavy atom. The highest BCUT2D eigenvalue weighted by atomic mass is 80.0. The number of halogens is 4. The fourth-order valence-corrected chi connectivity index (χ4v) is 2.64. The molecule has 1 nitrogen and oxygen atoms in total. The van der Waals surface area contributed by atoms with Crippen molar-refractivity contribution in [3.8, 4) is 0 Å². The summed E-state index contributed by atoms with van der Waals surface area (Å²) in [7, 11) is 0. The van der Waals surface area contributed by atoms with Gasteiger partial charge in [0.15, 0.2) is 0 Å². The van der Waals surface area contributed by atoms with Crippen molar-refractivity contribution in [2.45, 2.75) is 79.1 Å². The summed E-state index contributed by atoms with van der Waals surface area (Å²) in [6, 6.07) is 0. The van der Waals surface area contributed by atoms with Crippen LogP contribution in [0.1, 0.15) is 79.1 Å². The summed E-state index contributed by atoms with van der Waals surface area (Å²) in [4.78, 5) is 0. The van der Waals surface area contributed by atoms with E-state index in [1.165, 1.54) is 82.0 Å². The molecule has 0 aromatic heterocycles. The molecule has 0 saturated heterocycles. The van der Waals surface area contributed by atoms with Gasteiger partial charge in [0.1, 0.15) is 0 Å². The highest BCUT2D eigenvalue weighted by molar-refractivity contribution is 9.90. The first kappa shape index (κ1) is 26.6. The van der Waals surface area contributed by atoms with Gasteiger partial charge in [-0.05, 0) is 25.7 Å². The lowest BCUT2D eigenvalue weighted by atomic mass is 10.1. The fourth-order valence-electron chi connectivity index (χ4n) is 2.64. The Kier molecular flexibility index (Phi) is 20.4. The molecule has 0 atom stereocenters. The third-order valence-electron chi connectivity index (χ3n) is 3.94. The Morgan fingerprint density at radius 3 is 0.864 bits per heavy atom. The molecule has 136 valence electrons. The van der Waals surface area contributed by atoms with Gasteiger partial charge in [0.2, 0.25) is 0 Å². The third-order valence-corrected chi connectivity index (χ3v) is 3.94. The van der Waals surface area contributed by atoms with Crippen LogP contribution in [0.3, 0.4) is 0 Å². The van der Waals surface area contributed by atoms with E-state index in [4.69, 9.17) is 0 Å². The molecular formula is C16H36AlBr4N. The Morgan fingerprint density at radius 1 is 0.545 bits per heavy atom. The molecule has 0 unspecified atom stereocenters. The number of rotatable bonds is 12. The van der Waals surface area contributed by atoms with Gasteiger partial charge < -0.3 is 60.7 Å². The molecule has 0 radical (unpaired) electrons. The third kappa shape index (κ3) is 20.5. The minimum Gasteiger partial charge on any atom is -0.363 e. The van der Waals surface area contributed by atoms with Crippen molar-refractivity contribution in [2.75, 3.05) is 26.2 Å². The Hall–Kier alpha value is 2.41. The predicted octanol–water partition coefficient (Wildman–Crippen LogP) is 8.01. The van der Waals surface area contributed by atoms with Crippen LogP contribution in [0.15, 0.2) is 0 Å². The molecule has 22 heavy (non-hydrogen) atoms. The van der Waals surface area contributed by atoms with Crippen LogP contribution in [0.4, 0.5) is 0 Å². The van der Waals surface area contributed by atoms with Crippen molar-refractivity contribution < 1.29 is 4.48 Å². The molecular weight excluding hydrogens is 553 g/mol. The van der Waals surface area contributed by atoms with Crippen molar-refractivity contribution in [2.24, 2.45) is 0 Å². The summed E-state index contributed by atoms with van der Waals surface area (Å²) < 4.78 is 1.42. The van der Waals surface area contributed by atoms with E-state index < -0.39 is 5.77 Å². The minimum absolute atomic E-state index is 1.35. The first-order valence-corrected chi connectivity index (χ1v) is 21.7. The van der Waals surface area contributed by atoms with Crippen molar-refractivity contribution in [3.05, 3.63) is 0 Å². The SMILES string of the molecule is CCCC[N+](CCCC)(CCCC)CCCC.[Br][Al-]([Br])([Br])[Br]. The van der Waals surface area contributed by atoms with E-state index in [1.807, 2.05) is 0 Å². The van der Waals surface area contributed by atoms with E-state index >= 15 is 0 Å². The molecule has 0 aliphatic carbocycles. The van der Waals surface area contributed by atoms with Crippen molar-refractivity contribution in [1.29, 1.82) is 0 Å². The summed E-state index contributed by atoms with van der Waals surface area (Å²) in [5.74, 6) is -1.58. The van der Waals surface area contributed by atoms with Crippen molar-refractivity contribution >= 4 is 62.0 Å². The van der Waals surface area contributed by atoms with Gasteiger partial charge in [0.25, 0.3) is 0 Å². The van der Waals surface area contributed by atoms with Crippen LogP contribution in [0.5, 0.6) is 0 Å². The van der Waals surface area contributed by atoms with Crippen LogP contribution in [-0.4, -0.2) is 36.4 Å². The number of hydrogen-bond acceptors (Lipinski definition) is 0. The molecule has 0 aromatic rings. The van der Waals surface area contributed by atoms with E-state index in [-0.39, 0.29) is 0 Å². The second-order valence-electron chi connectivity index (χ2n) is 6.15. The lowest BCUT2D eigenvalue weighted by molar-refractivity contribution is -0.929. The summed E-state index contributed by atoms with van der Waals surface area (Å²) in [6.07, 6.45) is 11.1. The molecule has 0 heterocycles. The zero-order valence-corrected chi connectivity index (χ0v) is 22.5. The van der Waals surface area contributed by atoms with Gasteiger partial charge in [0, 0.05) is 0 Å².